The first-order valence-electron chi connectivity index (χ1n) is 11.1. The zero-order chi connectivity index (χ0) is 20.5. The lowest BCUT2D eigenvalue weighted by atomic mass is 10.0. The zero-order valence-corrected chi connectivity index (χ0v) is 18.7. The second-order valence-corrected chi connectivity index (χ2v) is 8.68. The van der Waals surface area contributed by atoms with E-state index in [1.54, 1.807) is 0 Å². The van der Waals surface area contributed by atoms with Crippen LogP contribution in [-0.2, 0) is 19.3 Å². The average molecular weight is 415 g/mol. The summed E-state index contributed by atoms with van der Waals surface area (Å²) in [4.78, 5) is 2.57. The lowest BCUT2D eigenvalue weighted by Crippen LogP contribution is -2.32. The smallest absolute Gasteiger partial charge is 0.119 e. The van der Waals surface area contributed by atoms with Crippen molar-refractivity contribution in [2.75, 3.05) is 32.8 Å². The van der Waals surface area contributed by atoms with E-state index in [1.807, 2.05) is 12.1 Å². The Kier molecular flexibility index (Phi) is 8.85. The molecule has 0 spiro atoms. The van der Waals surface area contributed by atoms with Gasteiger partial charge in [-0.3, -0.25) is 0 Å². The van der Waals surface area contributed by atoms with Crippen molar-refractivity contribution in [3.63, 3.8) is 0 Å². The average Bonchev–Trinajstić information content (AvgIpc) is 2.93. The first kappa shape index (κ1) is 22.1. The normalized spacial score (nSPS) is 14.6. The molecule has 3 rings (SSSR count). The number of aryl methyl sites for hydroxylation is 1. The van der Waals surface area contributed by atoms with Crippen LogP contribution in [0.5, 0.6) is 5.75 Å². The molecular formula is C25H35ClN2O. The van der Waals surface area contributed by atoms with Crippen molar-refractivity contribution in [1.82, 2.24) is 10.2 Å². The van der Waals surface area contributed by atoms with Gasteiger partial charge in [-0.1, -0.05) is 29.8 Å². The van der Waals surface area contributed by atoms with Crippen LogP contribution in [0.2, 0.25) is 5.02 Å². The Morgan fingerprint density at radius 1 is 0.966 bits per heavy atom. The molecule has 1 aliphatic heterocycles. The van der Waals surface area contributed by atoms with Gasteiger partial charge in [-0.2, -0.15) is 0 Å². The van der Waals surface area contributed by atoms with Crippen molar-refractivity contribution in [3.05, 3.63) is 64.2 Å². The molecule has 1 aliphatic rings. The number of halogens is 1. The molecule has 0 saturated heterocycles. The van der Waals surface area contributed by atoms with Crippen molar-refractivity contribution < 1.29 is 4.74 Å². The van der Waals surface area contributed by atoms with Gasteiger partial charge >= 0.3 is 0 Å². The van der Waals surface area contributed by atoms with Crippen LogP contribution < -0.4 is 10.1 Å². The minimum atomic E-state index is 0.624. The summed E-state index contributed by atoms with van der Waals surface area (Å²) in [6, 6.07) is 15.4. The predicted molar refractivity (Wildman–Crippen MR) is 123 cm³/mol. The lowest BCUT2D eigenvalue weighted by Gasteiger charge is -2.23. The quantitative estimate of drug-likeness (QED) is 0.544. The van der Waals surface area contributed by atoms with Crippen molar-refractivity contribution in [3.8, 4) is 5.75 Å². The Balaban J connectivity index is 1.30. The van der Waals surface area contributed by atoms with Crippen LogP contribution in [0, 0.1) is 0 Å². The predicted octanol–water partition coefficient (Wildman–Crippen LogP) is 5.14. The van der Waals surface area contributed by atoms with E-state index < -0.39 is 0 Å². The van der Waals surface area contributed by atoms with E-state index in [-0.39, 0.29) is 0 Å². The fourth-order valence-electron chi connectivity index (χ4n) is 3.91. The summed E-state index contributed by atoms with van der Waals surface area (Å²) in [7, 11) is 0. The summed E-state index contributed by atoms with van der Waals surface area (Å²) >= 11 is 5.92. The summed E-state index contributed by atoms with van der Waals surface area (Å²) in [5.41, 5.74) is 4.30. The molecule has 0 fully saturated rings. The number of nitrogens with one attached hydrogen (secondary N) is 1. The van der Waals surface area contributed by atoms with Crippen LogP contribution in [0.1, 0.15) is 43.4 Å². The topological polar surface area (TPSA) is 24.5 Å². The van der Waals surface area contributed by atoms with E-state index in [0.29, 0.717) is 6.04 Å². The van der Waals surface area contributed by atoms with E-state index in [4.69, 9.17) is 16.3 Å². The Morgan fingerprint density at radius 3 is 2.45 bits per heavy atom. The fourth-order valence-corrected chi connectivity index (χ4v) is 4.03. The molecule has 2 aromatic rings. The van der Waals surface area contributed by atoms with Gasteiger partial charge in [0.1, 0.15) is 5.75 Å². The number of rotatable bonds is 10. The minimum absolute atomic E-state index is 0.624. The Morgan fingerprint density at radius 2 is 1.69 bits per heavy atom. The molecule has 0 saturated carbocycles. The highest BCUT2D eigenvalue weighted by atomic mass is 35.5. The Bertz CT molecular complexity index is 745. The van der Waals surface area contributed by atoms with E-state index in [2.05, 4.69) is 54.4 Å². The van der Waals surface area contributed by atoms with Gasteiger partial charge in [0.15, 0.2) is 0 Å². The monoisotopic (exact) mass is 414 g/mol. The number of hydrogen-bond donors (Lipinski definition) is 1. The lowest BCUT2D eigenvalue weighted by molar-refractivity contribution is 0.233. The number of nitrogens with zero attached hydrogens (tertiary/aromatic N) is 1. The van der Waals surface area contributed by atoms with Crippen LogP contribution in [0.25, 0.3) is 0 Å². The molecule has 158 valence electrons. The van der Waals surface area contributed by atoms with Crippen molar-refractivity contribution in [2.45, 2.75) is 52.0 Å². The third kappa shape index (κ3) is 7.33. The van der Waals surface area contributed by atoms with Gasteiger partial charge in [0.05, 0.1) is 6.61 Å². The SMILES string of the molecule is CC(C)N1CCc2ccc(OCCCNCCCc3ccc(Cl)cc3)cc2CC1. The van der Waals surface area contributed by atoms with Gasteiger partial charge in [0.2, 0.25) is 0 Å². The molecular weight excluding hydrogens is 380 g/mol. The molecule has 1 N–H and O–H groups in total. The molecule has 0 radical (unpaired) electrons. The third-order valence-corrected chi connectivity index (χ3v) is 6.00. The molecule has 0 bridgehead atoms. The Labute approximate surface area is 181 Å². The molecule has 29 heavy (non-hydrogen) atoms. The van der Waals surface area contributed by atoms with Crippen molar-refractivity contribution in [2.24, 2.45) is 0 Å². The molecule has 0 amide bonds. The second kappa shape index (κ2) is 11.6. The van der Waals surface area contributed by atoms with Gasteiger partial charge in [-0.25, -0.2) is 0 Å². The highest BCUT2D eigenvalue weighted by Gasteiger charge is 2.16. The molecule has 3 nitrogen and oxygen atoms in total. The molecule has 0 atom stereocenters. The highest BCUT2D eigenvalue weighted by molar-refractivity contribution is 6.30. The summed E-state index contributed by atoms with van der Waals surface area (Å²) in [5.74, 6) is 1.02. The van der Waals surface area contributed by atoms with Gasteiger partial charge < -0.3 is 15.0 Å². The zero-order valence-electron chi connectivity index (χ0n) is 17.9. The molecule has 1 heterocycles. The molecule has 0 aromatic heterocycles. The number of ether oxygens (including phenoxy) is 1. The van der Waals surface area contributed by atoms with Gasteiger partial charge in [0, 0.05) is 24.2 Å². The van der Waals surface area contributed by atoms with E-state index in [0.717, 1.165) is 75.7 Å². The Hall–Kier alpha value is -1.55. The summed E-state index contributed by atoms with van der Waals surface area (Å²) in [6.45, 7) is 9.68. The largest absolute Gasteiger partial charge is 0.494 e. The second-order valence-electron chi connectivity index (χ2n) is 8.24. The first-order valence-corrected chi connectivity index (χ1v) is 11.4. The van der Waals surface area contributed by atoms with Gasteiger partial charge in [-0.15, -0.1) is 0 Å². The number of hydrogen-bond acceptors (Lipinski definition) is 3. The first-order chi connectivity index (χ1) is 14.1. The van der Waals surface area contributed by atoms with E-state index in [9.17, 15) is 0 Å². The van der Waals surface area contributed by atoms with E-state index >= 15 is 0 Å². The highest BCUT2D eigenvalue weighted by Crippen LogP contribution is 2.22. The van der Waals surface area contributed by atoms with Crippen molar-refractivity contribution >= 4 is 11.6 Å². The fraction of sp³-hybridized carbons (Fsp3) is 0.520. The molecule has 2 aromatic carbocycles. The van der Waals surface area contributed by atoms with Crippen LogP contribution >= 0.6 is 11.6 Å². The minimum Gasteiger partial charge on any atom is -0.494 e. The maximum absolute atomic E-state index is 6.01. The van der Waals surface area contributed by atoms with Crippen LogP contribution in [0.15, 0.2) is 42.5 Å². The van der Waals surface area contributed by atoms with E-state index in [1.165, 1.54) is 16.7 Å². The maximum atomic E-state index is 6.01. The number of benzene rings is 2. The van der Waals surface area contributed by atoms with Crippen LogP contribution in [-0.4, -0.2) is 43.7 Å². The van der Waals surface area contributed by atoms with Gasteiger partial charge in [-0.05, 0) is 100.0 Å². The van der Waals surface area contributed by atoms with Gasteiger partial charge in [0.25, 0.3) is 0 Å². The van der Waals surface area contributed by atoms with Crippen molar-refractivity contribution in [1.29, 1.82) is 0 Å². The molecule has 0 aliphatic carbocycles. The van der Waals surface area contributed by atoms with Crippen LogP contribution in [0.4, 0.5) is 0 Å². The summed E-state index contributed by atoms with van der Waals surface area (Å²) < 4.78 is 6.01. The third-order valence-electron chi connectivity index (χ3n) is 5.74. The molecule has 0 unspecified atom stereocenters. The standard InChI is InChI=1S/C25H35ClN2O/c1-20(2)28-16-12-22-8-11-25(19-23(22)13-17-28)29-18-4-15-27-14-3-5-21-6-9-24(26)10-7-21/h6-11,19-20,27H,3-5,12-18H2,1-2H3. The number of fused-ring (bicyclic) bond motifs is 1. The summed E-state index contributed by atoms with van der Waals surface area (Å²) in [5, 5.41) is 4.32. The molecule has 4 heteroatoms. The maximum Gasteiger partial charge on any atom is 0.119 e. The summed E-state index contributed by atoms with van der Waals surface area (Å²) in [6.07, 6.45) is 5.53. The van der Waals surface area contributed by atoms with Crippen LogP contribution in [0.3, 0.4) is 0 Å².